The van der Waals surface area contributed by atoms with Gasteiger partial charge < -0.3 is 0 Å². The lowest BCUT2D eigenvalue weighted by Crippen LogP contribution is -2.49. The molecule has 0 radical (unpaired) electrons. The van der Waals surface area contributed by atoms with Gasteiger partial charge in [0.1, 0.15) is 4.60 Å². The molecule has 0 aromatic carbocycles. The molecule has 2 aliphatic rings. The molecule has 3 nitrogen and oxygen atoms in total. The Morgan fingerprint density at radius 1 is 1.29 bits per heavy atom. The Kier molecular flexibility index (Phi) is 3.45. The van der Waals surface area contributed by atoms with Gasteiger partial charge in [0, 0.05) is 38.4 Å². The zero-order valence-corrected chi connectivity index (χ0v) is 11.6. The van der Waals surface area contributed by atoms with E-state index in [0.29, 0.717) is 0 Å². The van der Waals surface area contributed by atoms with Gasteiger partial charge in [-0.15, -0.1) is 0 Å². The summed E-state index contributed by atoms with van der Waals surface area (Å²) in [6.45, 7) is 6.04. The van der Waals surface area contributed by atoms with E-state index in [2.05, 4.69) is 36.8 Å². The summed E-state index contributed by atoms with van der Waals surface area (Å²) in [6, 6.07) is 5.01. The molecule has 1 atom stereocenters. The van der Waals surface area contributed by atoms with Gasteiger partial charge >= 0.3 is 0 Å². The topological polar surface area (TPSA) is 19.4 Å². The van der Waals surface area contributed by atoms with Crippen LogP contribution in [0.2, 0.25) is 0 Å². The molecule has 2 aliphatic heterocycles. The van der Waals surface area contributed by atoms with E-state index in [1.807, 2.05) is 12.3 Å². The van der Waals surface area contributed by atoms with Gasteiger partial charge in [-0.2, -0.15) is 0 Å². The summed E-state index contributed by atoms with van der Waals surface area (Å²) in [5, 5.41) is 0. The lowest BCUT2D eigenvalue weighted by molar-refractivity contribution is 0.0993. The van der Waals surface area contributed by atoms with Crippen LogP contribution in [0.25, 0.3) is 0 Å². The lowest BCUT2D eigenvalue weighted by Gasteiger charge is -2.37. The maximum Gasteiger partial charge on any atom is 0.106 e. The zero-order valence-electron chi connectivity index (χ0n) is 9.98. The van der Waals surface area contributed by atoms with Crippen LogP contribution in [0, 0.1) is 0 Å². The third-order valence-corrected chi connectivity index (χ3v) is 4.34. The second kappa shape index (κ2) is 5.04. The SMILES string of the molecule is Brc1ccc(CN2CCN3CCC[C@H]3C2)cn1. The molecule has 0 saturated carbocycles. The summed E-state index contributed by atoms with van der Waals surface area (Å²) in [6.07, 6.45) is 4.75. The van der Waals surface area contributed by atoms with Crippen LogP contribution in [0.15, 0.2) is 22.9 Å². The number of rotatable bonds is 2. The van der Waals surface area contributed by atoms with Crippen molar-refractivity contribution in [2.24, 2.45) is 0 Å². The van der Waals surface area contributed by atoms with Crippen LogP contribution in [0.4, 0.5) is 0 Å². The van der Waals surface area contributed by atoms with Crippen molar-refractivity contribution in [1.82, 2.24) is 14.8 Å². The summed E-state index contributed by atoms with van der Waals surface area (Å²) in [4.78, 5) is 9.51. The molecule has 0 unspecified atom stereocenters. The van der Waals surface area contributed by atoms with Crippen molar-refractivity contribution in [1.29, 1.82) is 0 Å². The molecule has 17 heavy (non-hydrogen) atoms. The molecule has 3 rings (SSSR count). The number of piperazine rings is 1. The Morgan fingerprint density at radius 3 is 3.06 bits per heavy atom. The van der Waals surface area contributed by atoms with Crippen molar-refractivity contribution in [3.05, 3.63) is 28.5 Å². The van der Waals surface area contributed by atoms with Gasteiger partial charge in [0.15, 0.2) is 0 Å². The van der Waals surface area contributed by atoms with Crippen molar-refractivity contribution in [2.45, 2.75) is 25.4 Å². The maximum absolute atomic E-state index is 4.29. The van der Waals surface area contributed by atoms with E-state index in [4.69, 9.17) is 0 Å². The van der Waals surface area contributed by atoms with Crippen LogP contribution >= 0.6 is 15.9 Å². The van der Waals surface area contributed by atoms with Gasteiger partial charge in [0.25, 0.3) is 0 Å². The predicted octanol–water partition coefficient (Wildman–Crippen LogP) is 2.12. The van der Waals surface area contributed by atoms with Crippen LogP contribution in [0.1, 0.15) is 18.4 Å². The maximum atomic E-state index is 4.29. The Hall–Kier alpha value is -0.450. The van der Waals surface area contributed by atoms with Crippen molar-refractivity contribution in [3.8, 4) is 0 Å². The minimum atomic E-state index is 0.812. The summed E-state index contributed by atoms with van der Waals surface area (Å²) in [5.41, 5.74) is 1.32. The van der Waals surface area contributed by atoms with Gasteiger partial charge in [0.2, 0.25) is 0 Å². The second-order valence-electron chi connectivity index (χ2n) is 5.06. The first kappa shape index (κ1) is 11.6. The molecule has 1 aromatic rings. The molecule has 1 aromatic heterocycles. The van der Waals surface area contributed by atoms with E-state index in [1.165, 1.54) is 44.6 Å². The number of fused-ring (bicyclic) bond motifs is 1. The summed E-state index contributed by atoms with van der Waals surface area (Å²) in [5.74, 6) is 0. The molecule has 4 heteroatoms. The molecule has 0 spiro atoms. The van der Waals surface area contributed by atoms with E-state index in [9.17, 15) is 0 Å². The van der Waals surface area contributed by atoms with Crippen LogP contribution in [-0.4, -0.2) is 47.0 Å². The highest BCUT2D eigenvalue weighted by molar-refractivity contribution is 9.10. The van der Waals surface area contributed by atoms with E-state index in [0.717, 1.165) is 17.2 Å². The quantitative estimate of drug-likeness (QED) is 0.779. The molecule has 3 heterocycles. The van der Waals surface area contributed by atoms with E-state index >= 15 is 0 Å². The standard InChI is InChI=1S/C13H18BrN3/c14-13-4-3-11(8-15-13)9-16-6-7-17-5-1-2-12(17)10-16/h3-4,8,12H,1-2,5-7,9-10H2/t12-/m0/s1. The minimum Gasteiger partial charge on any atom is -0.298 e. The largest absolute Gasteiger partial charge is 0.298 e. The molecule has 2 saturated heterocycles. The van der Waals surface area contributed by atoms with Crippen LogP contribution < -0.4 is 0 Å². The fraction of sp³-hybridized carbons (Fsp3) is 0.615. The molecule has 0 bridgehead atoms. The first-order valence-corrected chi connectivity index (χ1v) is 7.17. The first-order chi connectivity index (χ1) is 8.31. The highest BCUT2D eigenvalue weighted by atomic mass is 79.9. The number of hydrogen-bond donors (Lipinski definition) is 0. The lowest BCUT2D eigenvalue weighted by atomic mass is 10.1. The highest BCUT2D eigenvalue weighted by Gasteiger charge is 2.30. The van der Waals surface area contributed by atoms with Crippen molar-refractivity contribution in [2.75, 3.05) is 26.2 Å². The number of halogens is 1. The molecule has 0 aliphatic carbocycles. The van der Waals surface area contributed by atoms with Crippen LogP contribution in [0.5, 0.6) is 0 Å². The Labute approximate surface area is 111 Å². The minimum absolute atomic E-state index is 0.812. The molecule has 0 amide bonds. The van der Waals surface area contributed by atoms with Crippen LogP contribution in [0.3, 0.4) is 0 Å². The third kappa shape index (κ3) is 2.69. The number of aromatic nitrogens is 1. The fourth-order valence-corrected chi connectivity index (χ4v) is 3.19. The van der Waals surface area contributed by atoms with Gasteiger partial charge in [-0.05, 0) is 46.9 Å². The van der Waals surface area contributed by atoms with Crippen molar-refractivity contribution < 1.29 is 0 Å². The molecular formula is C13H18BrN3. The van der Waals surface area contributed by atoms with Gasteiger partial charge in [0.05, 0.1) is 0 Å². The van der Waals surface area contributed by atoms with Crippen molar-refractivity contribution in [3.63, 3.8) is 0 Å². The zero-order chi connectivity index (χ0) is 11.7. The van der Waals surface area contributed by atoms with Crippen LogP contribution in [-0.2, 0) is 6.54 Å². The third-order valence-electron chi connectivity index (χ3n) is 3.87. The molecule has 92 valence electrons. The van der Waals surface area contributed by atoms with Gasteiger partial charge in [-0.3, -0.25) is 9.80 Å². The Morgan fingerprint density at radius 2 is 2.24 bits per heavy atom. The second-order valence-corrected chi connectivity index (χ2v) is 5.87. The molecular weight excluding hydrogens is 278 g/mol. The predicted molar refractivity (Wildman–Crippen MR) is 71.8 cm³/mol. The normalized spacial score (nSPS) is 26.1. The first-order valence-electron chi connectivity index (χ1n) is 6.38. The Bertz CT molecular complexity index is 379. The highest BCUT2D eigenvalue weighted by Crippen LogP contribution is 2.22. The number of nitrogens with zero attached hydrogens (tertiary/aromatic N) is 3. The molecule has 2 fully saturated rings. The fourth-order valence-electron chi connectivity index (χ4n) is 2.96. The number of hydrogen-bond acceptors (Lipinski definition) is 3. The molecule has 0 N–H and O–H groups in total. The van der Waals surface area contributed by atoms with Gasteiger partial charge in [-0.25, -0.2) is 4.98 Å². The average Bonchev–Trinajstić information content (AvgIpc) is 2.79. The summed E-state index contributed by atoms with van der Waals surface area (Å²) < 4.78 is 0.918. The monoisotopic (exact) mass is 295 g/mol. The van der Waals surface area contributed by atoms with E-state index < -0.39 is 0 Å². The number of pyridine rings is 1. The average molecular weight is 296 g/mol. The Balaban J connectivity index is 1.60. The van der Waals surface area contributed by atoms with E-state index in [1.54, 1.807) is 0 Å². The van der Waals surface area contributed by atoms with E-state index in [-0.39, 0.29) is 0 Å². The summed E-state index contributed by atoms with van der Waals surface area (Å²) in [7, 11) is 0. The summed E-state index contributed by atoms with van der Waals surface area (Å²) >= 11 is 3.38. The smallest absolute Gasteiger partial charge is 0.106 e. The van der Waals surface area contributed by atoms with Gasteiger partial charge in [-0.1, -0.05) is 6.07 Å². The van der Waals surface area contributed by atoms with Crippen molar-refractivity contribution >= 4 is 15.9 Å².